The summed E-state index contributed by atoms with van der Waals surface area (Å²) >= 11 is 7.10. The highest BCUT2D eigenvalue weighted by molar-refractivity contribution is 8.32. The number of pyridine rings is 2. The standard InChI is InChI=1S/C35H43ClN4O5S/c1-22-8-9-23-10-11-39(21-43-14-15-46(5,6)7)33(41)31(23)30(22)25-17-28-26(16-27(25)36)32-29(18-37-28)44-20-24-19-38(12-13-40(24)32)34(42)45-35(2,3)4/h8-11,16-18,24H,12-15,19-21H2,1-7H3/t24-/m1/s1. The highest BCUT2D eigenvalue weighted by atomic mass is 35.5. The maximum absolute atomic E-state index is 13.9. The minimum atomic E-state index is -0.684. The smallest absolute Gasteiger partial charge is 0.410 e. The number of anilines is 1. The van der Waals surface area contributed by atoms with Crippen molar-refractivity contribution in [3.05, 3.63) is 63.7 Å². The second-order valence-electron chi connectivity index (χ2n) is 14.0. The van der Waals surface area contributed by atoms with Crippen molar-refractivity contribution >= 4 is 55.1 Å². The van der Waals surface area contributed by atoms with Crippen LogP contribution in [0.2, 0.25) is 5.02 Å². The molecule has 6 rings (SSSR count). The monoisotopic (exact) mass is 666 g/mol. The summed E-state index contributed by atoms with van der Waals surface area (Å²) in [5.41, 5.74) is 3.48. The molecule has 0 unspecified atom stereocenters. The second-order valence-corrected chi connectivity index (χ2v) is 19.0. The normalized spacial score (nSPS) is 17.1. The summed E-state index contributed by atoms with van der Waals surface area (Å²) in [5.74, 6) is 1.67. The zero-order valence-electron chi connectivity index (χ0n) is 27.7. The molecule has 0 bridgehead atoms. The van der Waals surface area contributed by atoms with Crippen LogP contribution in [0.5, 0.6) is 5.75 Å². The first kappa shape index (κ1) is 32.5. The fraction of sp³-hybridized carbons (Fsp3) is 0.457. The van der Waals surface area contributed by atoms with E-state index in [1.165, 1.54) is 0 Å². The van der Waals surface area contributed by atoms with E-state index in [0.29, 0.717) is 49.0 Å². The average Bonchev–Trinajstić information content (AvgIpc) is 2.98. The Morgan fingerprint density at radius 3 is 2.67 bits per heavy atom. The number of carbonyl (C=O) groups is 1. The molecule has 0 spiro atoms. The van der Waals surface area contributed by atoms with Crippen LogP contribution in [0, 0.1) is 6.92 Å². The minimum Gasteiger partial charge on any atom is -0.488 e. The molecule has 11 heteroatoms. The largest absolute Gasteiger partial charge is 0.488 e. The van der Waals surface area contributed by atoms with Gasteiger partial charge in [-0.25, -0.2) is 14.8 Å². The van der Waals surface area contributed by atoms with Crippen molar-refractivity contribution < 1.29 is 19.0 Å². The number of aryl methyl sites for hydroxylation is 1. The van der Waals surface area contributed by atoms with Crippen molar-refractivity contribution in [2.24, 2.45) is 0 Å². The van der Waals surface area contributed by atoms with Gasteiger partial charge in [0.2, 0.25) is 0 Å². The average molecular weight is 667 g/mol. The number of amides is 1. The molecule has 2 aromatic heterocycles. The lowest BCUT2D eigenvalue weighted by molar-refractivity contribution is 0.0195. The lowest BCUT2D eigenvalue weighted by atomic mass is 9.93. The van der Waals surface area contributed by atoms with Gasteiger partial charge < -0.3 is 24.0 Å². The molecular weight excluding hydrogens is 624 g/mol. The molecular formula is C35H43ClN4O5S. The summed E-state index contributed by atoms with van der Waals surface area (Å²) in [4.78, 5) is 35.5. The first-order chi connectivity index (χ1) is 21.7. The van der Waals surface area contributed by atoms with Crippen molar-refractivity contribution in [2.75, 3.05) is 62.3 Å². The second kappa shape index (κ2) is 12.3. The van der Waals surface area contributed by atoms with Gasteiger partial charge in [-0.15, -0.1) is 0 Å². The summed E-state index contributed by atoms with van der Waals surface area (Å²) in [6.07, 6.45) is 10.00. The molecule has 1 saturated heterocycles. The lowest BCUT2D eigenvalue weighted by Gasteiger charge is -2.45. The number of benzene rings is 2. The third-order valence-corrected chi connectivity index (χ3v) is 10.1. The van der Waals surface area contributed by atoms with Gasteiger partial charge in [-0.05, 0) is 81.2 Å². The Kier molecular flexibility index (Phi) is 8.67. The molecule has 0 saturated carbocycles. The molecule has 246 valence electrons. The lowest BCUT2D eigenvalue weighted by Crippen LogP contribution is -2.59. The van der Waals surface area contributed by atoms with E-state index in [2.05, 4.69) is 23.7 Å². The Hall–Kier alpha value is -3.47. The third-order valence-electron chi connectivity index (χ3n) is 8.44. The van der Waals surface area contributed by atoms with E-state index >= 15 is 0 Å². The maximum atomic E-state index is 13.9. The van der Waals surface area contributed by atoms with Crippen molar-refractivity contribution in [2.45, 2.75) is 46.1 Å². The SMILES string of the molecule is Cc1ccc2ccn(COCCS(C)(C)C)c(=O)c2c1-c1cc2ncc3c(c2cc1Cl)N1CCN(C(=O)OC(C)(C)C)C[C@@H]1CO3. The molecule has 0 N–H and O–H groups in total. The molecule has 2 aliphatic heterocycles. The predicted molar refractivity (Wildman–Crippen MR) is 189 cm³/mol. The number of piperazine rings is 1. The molecule has 4 aromatic rings. The predicted octanol–water partition coefficient (Wildman–Crippen LogP) is 6.66. The van der Waals surface area contributed by atoms with Crippen LogP contribution in [-0.4, -0.2) is 89.6 Å². The van der Waals surface area contributed by atoms with Crippen LogP contribution >= 0.6 is 21.6 Å². The number of hydrogen-bond donors (Lipinski definition) is 0. The fourth-order valence-corrected chi connectivity index (χ4v) is 7.01. The number of halogens is 1. The van der Waals surface area contributed by atoms with E-state index in [1.807, 2.05) is 58.0 Å². The molecule has 9 nitrogen and oxygen atoms in total. The van der Waals surface area contributed by atoms with E-state index in [-0.39, 0.29) is 24.4 Å². The third kappa shape index (κ3) is 6.52. The summed E-state index contributed by atoms with van der Waals surface area (Å²) in [6, 6.07) is 9.82. The number of rotatable bonds is 6. The Morgan fingerprint density at radius 2 is 1.93 bits per heavy atom. The van der Waals surface area contributed by atoms with E-state index < -0.39 is 15.6 Å². The summed E-state index contributed by atoms with van der Waals surface area (Å²) in [5, 5.41) is 2.83. The minimum absolute atomic E-state index is 0.0383. The molecule has 1 atom stereocenters. The van der Waals surface area contributed by atoms with Gasteiger partial charge >= 0.3 is 6.09 Å². The molecule has 2 aromatic carbocycles. The van der Waals surface area contributed by atoms with Gasteiger partial charge in [0.25, 0.3) is 5.56 Å². The van der Waals surface area contributed by atoms with Crippen molar-refractivity contribution in [3.8, 4) is 16.9 Å². The van der Waals surface area contributed by atoms with E-state index in [1.54, 1.807) is 21.9 Å². The van der Waals surface area contributed by atoms with Gasteiger partial charge in [0.1, 0.15) is 18.9 Å². The van der Waals surface area contributed by atoms with E-state index in [4.69, 9.17) is 30.8 Å². The zero-order valence-corrected chi connectivity index (χ0v) is 29.3. The highest BCUT2D eigenvalue weighted by Gasteiger charge is 2.37. The zero-order chi connectivity index (χ0) is 33.0. The van der Waals surface area contributed by atoms with Crippen LogP contribution in [0.3, 0.4) is 0 Å². The van der Waals surface area contributed by atoms with Crippen LogP contribution in [0.25, 0.3) is 32.8 Å². The summed E-state index contributed by atoms with van der Waals surface area (Å²) in [7, 11) is -0.684. The van der Waals surface area contributed by atoms with Crippen molar-refractivity contribution in [1.29, 1.82) is 0 Å². The van der Waals surface area contributed by atoms with Gasteiger partial charge in [-0.2, -0.15) is 0 Å². The van der Waals surface area contributed by atoms with Crippen molar-refractivity contribution in [3.63, 3.8) is 0 Å². The Balaban J connectivity index is 1.36. The molecule has 0 aliphatic carbocycles. The van der Waals surface area contributed by atoms with Crippen LogP contribution in [-0.2, 0) is 16.2 Å². The highest BCUT2D eigenvalue weighted by Crippen LogP contribution is 2.44. The van der Waals surface area contributed by atoms with Crippen LogP contribution in [0.4, 0.5) is 10.5 Å². The molecule has 1 fully saturated rings. The molecule has 1 amide bonds. The number of nitrogens with zero attached hydrogens (tertiary/aromatic N) is 4. The number of hydrogen-bond acceptors (Lipinski definition) is 7. The molecule has 4 heterocycles. The summed E-state index contributed by atoms with van der Waals surface area (Å²) < 4.78 is 19.3. The number of ether oxygens (including phenoxy) is 3. The maximum Gasteiger partial charge on any atom is 0.410 e. The van der Waals surface area contributed by atoms with E-state index in [0.717, 1.165) is 44.4 Å². The quantitative estimate of drug-likeness (QED) is 0.213. The number of carbonyl (C=O) groups excluding carboxylic acids is 1. The summed E-state index contributed by atoms with van der Waals surface area (Å²) in [6.45, 7) is 10.5. The van der Waals surface area contributed by atoms with Gasteiger partial charge in [-0.1, -0.05) is 23.7 Å². The molecule has 46 heavy (non-hydrogen) atoms. The molecule has 2 aliphatic rings. The first-order valence-corrected chi connectivity index (χ1v) is 19.0. The van der Waals surface area contributed by atoms with Crippen molar-refractivity contribution in [1.82, 2.24) is 14.5 Å². The molecule has 0 radical (unpaired) electrons. The topological polar surface area (TPSA) is 86.1 Å². The van der Waals surface area contributed by atoms with Gasteiger partial charge in [0.05, 0.1) is 35.4 Å². The van der Waals surface area contributed by atoms with Crippen LogP contribution in [0.15, 0.2) is 47.5 Å². The first-order valence-electron chi connectivity index (χ1n) is 15.6. The number of fused-ring (bicyclic) bond motifs is 6. The van der Waals surface area contributed by atoms with Gasteiger partial charge in [0.15, 0.2) is 5.75 Å². The van der Waals surface area contributed by atoms with Gasteiger partial charge in [-0.3, -0.25) is 14.3 Å². The Bertz CT molecular complexity index is 1880. The van der Waals surface area contributed by atoms with Crippen LogP contribution in [0.1, 0.15) is 26.3 Å². The van der Waals surface area contributed by atoms with Gasteiger partial charge in [0, 0.05) is 47.6 Å². The van der Waals surface area contributed by atoms with E-state index in [9.17, 15) is 9.59 Å². The van der Waals surface area contributed by atoms with Crippen LogP contribution < -0.4 is 15.2 Å². The number of aromatic nitrogens is 2. The fourth-order valence-electron chi connectivity index (χ4n) is 6.14. The Morgan fingerprint density at radius 1 is 1.15 bits per heavy atom. The Labute approximate surface area is 276 Å².